The molecule has 1 heterocycles. The highest BCUT2D eigenvalue weighted by molar-refractivity contribution is 8.00. The van der Waals surface area contributed by atoms with Crippen LogP contribution in [0.25, 0.3) is 0 Å². The molecule has 118 valence electrons. The van der Waals surface area contributed by atoms with Crippen LogP contribution in [0.2, 0.25) is 0 Å². The Labute approximate surface area is 135 Å². The summed E-state index contributed by atoms with van der Waals surface area (Å²) in [5, 5.41) is 12.8. The number of hydrogen-bond acceptors (Lipinski definition) is 5. The molecule has 5 nitrogen and oxygen atoms in total. The molecule has 1 aromatic heterocycles. The molecular formula is C16H22N4OS. The van der Waals surface area contributed by atoms with Gasteiger partial charge in [-0.25, -0.2) is 9.97 Å². The molecule has 1 fully saturated rings. The average molecular weight is 318 g/mol. The Balaban J connectivity index is 1.84. The maximum Gasteiger partial charge on any atom is 0.230 e. The standard InChI is InChI=1S/C16H22N4OS/c1-11-14(8-17)16(20-12(2)19-11)22-10-15(21)18-9-13-6-4-3-5-7-13/h13H,3-7,9-10H2,1-2H3,(H,18,21). The van der Waals surface area contributed by atoms with Crippen molar-refractivity contribution >= 4 is 17.7 Å². The van der Waals surface area contributed by atoms with Crippen molar-refractivity contribution in [1.29, 1.82) is 5.26 Å². The summed E-state index contributed by atoms with van der Waals surface area (Å²) in [4.78, 5) is 20.4. The lowest BCUT2D eigenvalue weighted by atomic mass is 9.89. The Kier molecular flexibility index (Phi) is 6.20. The zero-order valence-electron chi connectivity index (χ0n) is 13.2. The fraction of sp³-hybridized carbons (Fsp3) is 0.625. The van der Waals surface area contributed by atoms with Crippen molar-refractivity contribution < 1.29 is 4.79 Å². The molecule has 0 radical (unpaired) electrons. The molecule has 1 aromatic rings. The summed E-state index contributed by atoms with van der Waals surface area (Å²) in [7, 11) is 0. The molecule has 0 bridgehead atoms. The second-order valence-corrected chi connectivity index (χ2v) is 6.71. The van der Waals surface area contributed by atoms with Gasteiger partial charge in [0.2, 0.25) is 5.91 Å². The van der Waals surface area contributed by atoms with Crippen LogP contribution in [-0.2, 0) is 4.79 Å². The Morgan fingerprint density at radius 2 is 2.05 bits per heavy atom. The minimum Gasteiger partial charge on any atom is -0.355 e. The zero-order chi connectivity index (χ0) is 15.9. The van der Waals surface area contributed by atoms with Gasteiger partial charge < -0.3 is 5.32 Å². The van der Waals surface area contributed by atoms with E-state index in [1.165, 1.54) is 43.9 Å². The average Bonchev–Trinajstić information content (AvgIpc) is 2.51. The lowest BCUT2D eigenvalue weighted by Crippen LogP contribution is -2.31. The van der Waals surface area contributed by atoms with Gasteiger partial charge in [-0.05, 0) is 32.6 Å². The molecule has 22 heavy (non-hydrogen) atoms. The van der Waals surface area contributed by atoms with Crippen molar-refractivity contribution in [2.75, 3.05) is 12.3 Å². The molecular weight excluding hydrogens is 296 g/mol. The number of nitriles is 1. The minimum atomic E-state index is 0.00776. The number of nitrogens with one attached hydrogen (secondary N) is 1. The Bertz CT molecular complexity index is 576. The number of rotatable bonds is 5. The van der Waals surface area contributed by atoms with Gasteiger partial charge in [0, 0.05) is 6.54 Å². The van der Waals surface area contributed by atoms with E-state index in [1.54, 1.807) is 13.8 Å². The van der Waals surface area contributed by atoms with E-state index in [2.05, 4.69) is 21.4 Å². The van der Waals surface area contributed by atoms with Gasteiger partial charge in [0.1, 0.15) is 22.5 Å². The van der Waals surface area contributed by atoms with Crippen molar-refractivity contribution in [2.24, 2.45) is 5.92 Å². The molecule has 0 aliphatic heterocycles. The maximum atomic E-state index is 12.0. The first-order valence-corrected chi connectivity index (χ1v) is 8.73. The molecule has 0 spiro atoms. The molecule has 6 heteroatoms. The Morgan fingerprint density at radius 3 is 2.73 bits per heavy atom. The van der Waals surface area contributed by atoms with E-state index >= 15 is 0 Å². The molecule has 0 atom stereocenters. The summed E-state index contributed by atoms with van der Waals surface area (Å²) in [6.45, 7) is 4.36. The van der Waals surface area contributed by atoms with Crippen LogP contribution in [0, 0.1) is 31.1 Å². The highest BCUT2D eigenvalue weighted by atomic mass is 32.2. The highest BCUT2D eigenvalue weighted by Crippen LogP contribution is 2.23. The van der Waals surface area contributed by atoms with E-state index in [1.807, 2.05) is 0 Å². The van der Waals surface area contributed by atoms with Gasteiger partial charge in [-0.1, -0.05) is 31.0 Å². The number of carbonyl (C=O) groups excluding carboxylic acids is 1. The van der Waals surface area contributed by atoms with Crippen molar-refractivity contribution in [3.05, 3.63) is 17.1 Å². The van der Waals surface area contributed by atoms with Gasteiger partial charge in [0.05, 0.1) is 11.4 Å². The second-order valence-electron chi connectivity index (χ2n) is 5.74. The van der Waals surface area contributed by atoms with Crippen LogP contribution < -0.4 is 5.32 Å². The van der Waals surface area contributed by atoms with Crippen LogP contribution in [0.15, 0.2) is 5.03 Å². The summed E-state index contributed by atoms with van der Waals surface area (Å²) >= 11 is 1.31. The number of aryl methyl sites for hydroxylation is 2. The number of nitrogens with zero attached hydrogens (tertiary/aromatic N) is 3. The monoisotopic (exact) mass is 318 g/mol. The molecule has 1 amide bonds. The van der Waals surface area contributed by atoms with E-state index in [0.29, 0.717) is 28.0 Å². The Morgan fingerprint density at radius 1 is 1.32 bits per heavy atom. The first-order chi connectivity index (χ1) is 10.6. The van der Waals surface area contributed by atoms with Crippen molar-refractivity contribution in [3.8, 4) is 6.07 Å². The normalized spacial score (nSPS) is 15.3. The molecule has 1 N–H and O–H groups in total. The molecule has 0 unspecified atom stereocenters. The van der Waals surface area contributed by atoms with Crippen LogP contribution in [0.5, 0.6) is 0 Å². The van der Waals surface area contributed by atoms with Gasteiger partial charge in [-0.2, -0.15) is 5.26 Å². The van der Waals surface area contributed by atoms with Crippen molar-refractivity contribution in [2.45, 2.75) is 51.0 Å². The van der Waals surface area contributed by atoms with Crippen LogP contribution >= 0.6 is 11.8 Å². The van der Waals surface area contributed by atoms with Crippen LogP contribution in [0.3, 0.4) is 0 Å². The van der Waals surface area contributed by atoms with Crippen molar-refractivity contribution in [3.63, 3.8) is 0 Å². The SMILES string of the molecule is Cc1nc(C)c(C#N)c(SCC(=O)NCC2CCCCC2)n1. The van der Waals surface area contributed by atoms with Gasteiger partial charge >= 0.3 is 0 Å². The number of thioether (sulfide) groups is 1. The first kappa shape index (κ1) is 16.8. The third kappa shape index (κ3) is 4.70. The number of aromatic nitrogens is 2. The van der Waals surface area contributed by atoms with E-state index in [0.717, 1.165) is 6.54 Å². The maximum absolute atomic E-state index is 12.0. The van der Waals surface area contributed by atoms with Gasteiger partial charge in [0.15, 0.2) is 0 Å². The second kappa shape index (κ2) is 8.14. The van der Waals surface area contributed by atoms with Crippen LogP contribution in [0.4, 0.5) is 0 Å². The first-order valence-electron chi connectivity index (χ1n) is 7.75. The minimum absolute atomic E-state index is 0.00776. The summed E-state index contributed by atoms with van der Waals surface area (Å²) < 4.78 is 0. The predicted molar refractivity (Wildman–Crippen MR) is 86.5 cm³/mol. The Hall–Kier alpha value is -1.61. The quantitative estimate of drug-likeness (QED) is 0.667. The fourth-order valence-corrected chi connectivity index (χ4v) is 3.65. The van der Waals surface area contributed by atoms with E-state index in [4.69, 9.17) is 0 Å². The molecule has 0 aromatic carbocycles. The van der Waals surface area contributed by atoms with Crippen LogP contribution in [0.1, 0.15) is 49.2 Å². The van der Waals surface area contributed by atoms with Crippen molar-refractivity contribution in [1.82, 2.24) is 15.3 Å². The molecule has 1 saturated carbocycles. The number of hydrogen-bond donors (Lipinski definition) is 1. The van der Waals surface area contributed by atoms with E-state index in [-0.39, 0.29) is 11.7 Å². The summed E-state index contributed by atoms with van der Waals surface area (Å²) in [5.41, 5.74) is 1.13. The summed E-state index contributed by atoms with van der Waals surface area (Å²) in [6, 6.07) is 2.12. The molecule has 1 aliphatic rings. The van der Waals surface area contributed by atoms with E-state index < -0.39 is 0 Å². The third-order valence-corrected chi connectivity index (χ3v) is 4.91. The largest absolute Gasteiger partial charge is 0.355 e. The van der Waals surface area contributed by atoms with Crippen LogP contribution in [-0.4, -0.2) is 28.2 Å². The summed E-state index contributed by atoms with van der Waals surface area (Å²) in [6.07, 6.45) is 6.32. The fourth-order valence-electron chi connectivity index (χ4n) is 2.75. The highest BCUT2D eigenvalue weighted by Gasteiger charge is 2.15. The summed E-state index contributed by atoms with van der Waals surface area (Å²) in [5.74, 6) is 1.55. The predicted octanol–water partition coefficient (Wildman–Crippen LogP) is 2.75. The molecule has 0 saturated heterocycles. The number of carbonyl (C=O) groups is 1. The molecule has 1 aliphatic carbocycles. The lowest BCUT2D eigenvalue weighted by Gasteiger charge is -2.21. The van der Waals surface area contributed by atoms with Gasteiger partial charge in [-0.15, -0.1) is 0 Å². The van der Waals surface area contributed by atoms with E-state index in [9.17, 15) is 10.1 Å². The third-order valence-electron chi connectivity index (χ3n) is 3.93. The lowest BCUT2D eigenvalue weighted by molar-refractivity contribution is -0.118. The topological polar surface area (TPSA) is 78.7 Å². The number of amides is 1. The smallest absolute Gasteiger partial charge is 0.230 e. The van der Waals surface area contributed by atoms with Gasteiger partial charge in [0.25, 0.3) is 0 Å². The zero-order valence-corrected chi connectivity index (χ0v) is 14.0. The van der Waals surface area contributed by atoms with Gasteiger partial charge in [-0.3, -0.25) is 4.79 Å². The molecule has 2 rings (SSSR count).